The normalized spacial score (nSPS) is 14.9. The number of nitrogens with one attached hydrogen (secondary N) is 1. The van der Waals surface area contributed by atoms with Crippen LogP contribution in [0.3, 0.4) is 0 Å². The molecule has 0 radical (unpaired) electrons. The second kappa shape index (κ2) is 6.41. The van der Waals surface area contributed by atoms with Crippen LogP contribution in [0.15, 0.2) is 22.7 Å². The van der Waals surface area contributed by atoms with Gasteiger partial charge in [-0.05, 0) is 56.3 Å². The van der Waals surface area contributed by atoms with Gasteiger partial charge < -0.3 is 10.1 Å². The van der Waals surface area contributed by atoms with Gasteiger partial charge in [-0.3, -0.25) is 0 Å². The summed E-state index contributed by atoms with van der Waals surface area (Å²) in [4.78, 5) is 0. The van der Waals surface area contributed by atoms with Gasteiger partial charge in [0.1, 0.15) is 5.75 Å². The van der Waals surface area contributed by atoms with E-state index in [4.69, 9.17) is 4.74 Å². The zero-order valence-corrected chi connectivity index (χ0v) is 11.9. The predicted molar refractivity (Wildman–Crippen MR) is 74.7 cm³/mol. The Bertz CT molecular complexity index is 363. The lowest BCUT2D eigenvalue weighted by molar-refractivity contribution is 0.414. The first-order chi connectivity index (χ1) is 8.29. The van der Waals surface area contributed by atoms with Crippen LogP contribution in [0.25, 0.3) is 0 Å². The van der Waals surface area contributed by atoms with Gasteiger partial charge in [0.25, 0.3) is 0 Å². The van der Waals surface area contributed by atoms with Gasteiger partial charge in [-0.15, -0.1) is 0 Å². The van der Waals surface area contributed by atoms with E-state index in [-0.39, 0.29) is 0 Å². The highest BCUT2D eigenvalue weighted by molar-refractivity contribution is 9.10. The third-order valence-corrected chi connectivity index (χ3v) is 3.88. The van der Waals surface area contributed by atoms with Crippen LogP contribution in [0.2, 0.25) is 0 Å². The second-order valence-corrected chi connectivity index (χ2v) is 5.50. The minimum atomic E-state index is 0.836. The van der Waals surface area contributed by atoms with E-state index in [1.807, 2.05) is 12.1 Å². The Labute approximate surface area is 112 Å². The van der Waals surface area contributed by atoms with E-state index in [1.165, 1.54) is 37.8 Å². The number of hydrogen-bond acceptors (Lipinski definition) is 2. The van der Waals surface area contributed by atoms with Gasteiger partial charge in [0.2, 0.25) is 0 Å². The zero-order chi connectivity index (χ0) is 12.1. The number of rotatable bonds is 7. The van der Waals surface area contributed by atoms with Gasteiger partial charge in [-0.25, -0.2) is 0 Å². The Kier molecular flexibility index (Phi) is 4.86. The summed E-state index contributed by atoms with van der Waals surface area (Å²) in [5, 5.41) is 3.54. The fourth-order valence-corrected chi connectivity index (χ4v) is 2.45. The molecule has 0 saturated heterocycles. The first kappa shape index (κ1) is 12.9. The number of benzene rings is 1. The minimum Gasteiger partial charge on any atom is -0.497 e. The van der Waals surface area contributed by atoms with Crippen LogP contribution in [-0.4, -0.2) is 19.7 Å². The monoisotopic (exact) mass is 297 g/mol. The predicted octanol–water partition coefficient (Wildman–Crippen LogP) is 3.53. The van der Waals surface area contributed by atoms with E-state index in [0.29, 0.717) is 0 Å². The minimum absolute atomic E-state index is 0.836. The fraction of sp³-hybridized carbons (Fsp3) is 0.571. The molecule has 1 N–H and O–H groups in total. The molecule has 2 rings (SSSR count). The largest absolute Gasteiger partial charge is 0.497 e. The van der Waals surface area contributed by atoms with E-state index >= 15 is 0 Å². The van der Waals surface area contributed by atoms with Crippen LogP contribution >= 0.6 is 15.9 Å². The molecule has 0 aliphatic heterocycles. The number of ether oxygens (including phenoxy) is 1. The maximum Gasteiger partial charge on any atom is 0.120 e. The van der Waals surface area contributed by atoms with Crippen molar-refractivity contribution in [3.63, 3.8) is 0 Å². The summed E-state index contributed by atoms with van der Waals surface area (Å²) in [6, 6.07) is 7.06. The summed E-state index contributed by atoms with van der Waals surface area (Å²) in [6.07, 6.45) is 6.39. The molecule has 0 spiro atoms. The van der Waals surface area contributed by atoms with Crippen LogP contribution in [0.1, 0.15) is 31.2 Å². The maximum atomic E-state index is 5.19. The van der Waals surface area contributed by atoms with Crippen molar-refractivity contribution in [1.29, 1.82) is 0 Å². The Morgan fingerprint density at radius 1 is 1.35 bits per heavy atom. The third-order valence-electron chi connectivity index (χ3n) is 3.14. The highest BCUT2D eigenvalue weighted by Crippen LogP contribution is 2.24. The van der Waals surface area contributed by atoms with Gasteiger partial charge in [-0.1, -0.05) is 22.0 Å². The first-order valence-electron chi connectivity index (χ1n) is 6.35. The molecule has 0 amide bonds. The smallest absolute Gasteiger partial charge is 0.120 e. The highest BCUT2D eigenvalue weighted by atomic mass is 79.9. The molecule has 0 aromatic heterocycles. The van der Waals surface area contributed by atoms with Crippen LogP contribution in [0.5, 0.6) is 5.75 Å². The van der Waals surface area contributed by atoms with Crippen LogP contribution in [-0.2, 0) is 6.42 Å². The molecular formula is C14H20BrNO. The molecule has 1 aliphatic rings. The summed E-state index contributed by atoms with van der Waals surface area (Å²) in [5.74, 6) is 0.913. The van der Waals surface area contributed by atoms with Crippen molar-refractivity contribution in [2.75, 3.05) is 13.7 Å². The summed E-state index contributed by atoms with van der Waals surface area (Å²) in [5.41, 5.74) is 1.37. The lowest BCUT2D eigenvalue weighted by Crippen LogP contribution is -2.17. The van der Waals surface area contributed by atoms with Gasteiger partial charge in [-0.2, -0.15) is 0 Å². The Morgan fingerprint density at radius 3 is 2.82 bits per heavy atom. The quantitative estimate of drug-likeness (QED) is 0.778. The summed E-state index contributed by atoms with van der Waals surface area (Å²) >= 11 is 3.59. The number of aryl methyl sites for hydroxylation is 1. The van der Waals surface area contributed by atoms with Crippen molar-refractivity contribution in [2.24, 2.45) is 0 Å². The van der Waals surface area contributed by atoms with E-state index in [9.17, 15) is 0 Å². The van der Waals surface area contributed by atoms with Crippen LogP contribution in [0.4, 0.5) is 0 Å². The summed E-state index contributed by atoms with van der Waals surface area (Å²) in [6.45, 7) is 1.17. The highest BCUT2D eigenvalue weighted by Gasteiger charge is 2.19. The lowest BCUT2D eigenvalue weighted by atomic mass is 10.1. The number of hydrogen-bond donors (Lipinski definition) is 1. The van der Waals surface area contributed by atoms with E-state index in [2.05, 4.69) is 27.3 Å². The van der Waals surface area contributed by atoms with Crippen molar-refractivity contribution < 1.29 is 4.74 Å². The molecule has 0 bridgehead atoms. The fourth-order valence-electron chi connectivity index (χ4n) is 1.89. The first-order valence-corrected chi connectivity index (χ1v) is 7.14. The second-order valence-electron chi connectivity index (χ2n) is 4.64. The standard InChI is InChI=1S/C14H20BrNO/c1-17-13-8-5-11(14(15)10-13)4-2-3-9-16-12-6-7-12/h5,8,10,12,16H,2-4,6-7,9H2,1H3. The van der Waals surface area contributed by atoms with E-state index < -0.39 is 0 Å². The maximum absolute atomic E-state index is 5.19. The third kappa shape index (κ3) is 4.32. The van der Waals surface area contributed by atoms with E-state index in [0.717, 1.165) is 22.7 Å². The topological polar surface area (TPSA) is 21.3 Å². The number of halogens is 1. The van der Waals surface area contributed by atoms with Gasteiger partial charge in [0.15, 0.2) is 0 Å². The molecule has 1 aliphatic carbocycles. The Morgan fingerprint density at radius 2 is 2.18 bits per heavy atom. The Hall–Kier alpha value is -0.540. The van der Waals surface area contributed by atoms with Gasteiger partial charge in [0, 0.05) is 10.5 Å². The van der Waals surface area contributed by atoms with Crippen LogP contribution in [0, 0.1) is 0 Å². The number of unbranched alkanes of at least 4 members (excludes halogenated alkanes) is 1. The molecule has 17 heavy (non-hydrogen) atoms. The molecule has 1 saturated carbocycles. The molecule has 1 aromatic rings. The van der Waals surface area contributed by atoms with Crippen molar-refractivity contribution in [2.45, 2.75) is 38.1 Å². The van der Waals surface area contributed by atoms with Crippen molar-refractivity contribution >= 4 is 15.9 Å². The van der Waals surface area contributed by atoms with Gasteiger partial charge in [0.05, 0.1) is 7.11 Å². The Balaban J connectivity index is 1.70. The van der Waals surface area contributed by atoms with Crippen molar-refractivity contribution in [3.8, 4) is 5.75 Å². The lowest BCUT2D eigenvalue weighted by Gasteiger charge is -2.07. The summed E-state index contributed by atoms with van der Waals surface area (Å²) < 4.78 is 6.35. The molecule has 3 heteroatoms. The average molecular weight is 298 g/mol. The molecule has 0 unspecified atom stereocenters. The number of methoxy groups -OCH3 is 1. The van der Waals surface area contributed by atoms with Crippen LogP contribution < -0.4 is 10.1 Å². The molecule has 1 fully saturated rings. The molecule has 94 valence electrons. The molecular weight excluding hydrogens is 278 g/mol. The van der Waals surface area contributed by atoms with E-state index in [1.54, 1.807) is 7.11 Å². The molecule has 1 aromatic carbocycles. The average Bonchev–Trinajstić information content (AvgIpc) is 3.14. The van der Waals surface area contributed by atoms with Gasteiger partial charge >= 0.3 is 0 Å². The summed E-state index contributed by atoms with van der Waals surface area (Å²) in [7, 11) is 1.70. The molecule has 0 atom stereocenters. The molecule has 2 nitrogen and oxygen atoms in total. The van der Waals surface area contributed by atoms with Crippen molar-refractivity contribution in [1.82, 2.24) is 5.32 Å². The molecule has 0 heterocycles. The zero-order valence-electron chi connectivity index (χ0n) is 10.3. The SMILES string of the molecule is COc1ccc(CCCCNC2CC2)c(Br)c1. The van der Waals surface area contributed by atoms with Crippen molar-refractivity contribution in [3.05, 3.63) is 28.2 Å².